The maximum Gasteiger partial charge on any atom is 0.211 e. The van der Waals surface area contributed by atoms with E-state index in [1.165, 1.54) is 6.92 Å². The molecule has 0 bridgehead atoms. The molecular weight excluding hydrogens is 774 g/mol. The SMILES string of the molecule is Cc1c(OCc2cc(F)cc(F)c2)c(OCc2cc(F)cc(F)c2)c(OCc2cc(F)cc(F)c2)c(OCc2cc(F)cc(F)c2)c1OCc1cc(F)cc(F)c1. The van der Waals surface area contributed by atoms with E-state index in [-0.39, 0.29) is 44.9 Å². The van der Waals surface area contributed by atoms with Crippen molar-refractivity contribution in [3.05, 3.63) is 183 Å². The Morgan fingerprint density at radius 1 is 0.263 bits per heavy atom. The molecule has 0 aliphatic carbocycles. The average Bonchev–Trinajstić information content (AvgIpc) is 3.10. The van der Waals surface area contributed by atoms with Crippen molar-refractivity contribution in [2.75, 3.05) is 0 Å². The van der Waals surface area contributed by atoms with Gasteiger partial charge in [-0.3, -0.25) is 0 Å². The van der Waals surface area contributed by atoms with Crippen LogP contribution in [0.25, 0.3) is 0 Å². The predicted octanol–water partition coefficient (Wildman–Crippen LogP) is 11.3. The zero-order valence-electron chi connectivity index (χ0n) is 29.5. The minimum atomic E-state index is -0.968. The molecule has 6 aromatic carbocycles. The Hall–Kier alpha value is -6.38. The lowest BCUT2D eigenvalue weighted by molar-refractivity contribution is 0.199. The Bertz CT molecular complexity index is 2190. The van der Waals surface area contributed by atoms with Crippen molar-refractivity contribution in [1.82, 2.24) is 0 Å². The lowest BCUT2D eigenvalue weighted by Crippen LogP contribution is -2.11. The highest BCUT2D eigenvalue weighted by Gasteiger charge is 2.30. The van der Waals surface area contributed by atoms with Gasteiger partial charge >= 0.3 is 0 Å². The van der Waals surface area contributed by atoms with Crippen LogP contribution in [-0.4, -0.2) is 0 Å². The summed E-state index contributed by atoms with van der Waals surface area (Å²) in [6.45, 7) is -1.53. The molecule has 0 aromatic heterocycles. The quantitative estimate of drug-likeness (QED) is 0.0968. The molecule has 0 saturated heterocycles. The van der Waals surface area contributed by atoms with Gasteiger partial charge in [0.05, 0.1) is 0 Å². The first-order valence-corrected chi connectivity index (χ1v) is 16.8. The Balaban J connectivity index is 1.54. The molecule has 0 spiro atoms. The first-order valence-electron chi connectivity index (χ1n) is 16.8. The second-order valence-corrected chi connectivity index (χ2v) is 12.6. The van der Waals surface area contributed by atoms with Crippen LogP contribution in [0.4, 0.5) is 43.9 Å². The summed E-state index contributed by atoms with van der Waals surface area (Å²) in [4.78, 5) is 0. The van der Waals surface area contributed by atoms with Gasteiger partial charge in [0, 0.05) is 35.9 Å². The standard InChI is InChI=1S/C42H28F10O5/c1-22-38(53-17-23-2-28(43)12-29(44)3-23)40(55-19-25-6-32(47)14-33(48)7-25)42(57-21-27-10-36(51)16-37(52)11-27)41(56-20-26-8-34(49)15-35(50)9-26)39(22)54-18-24-4-30(45)13-31(46)5-24/h2-16H,17-21H2,1H3. The normalized spacial score (nSPS) is 11.1. The molecule has 57 heavy (non-hydrogen) atoms. The Morgan fingerprint density at radius 2 is 0.421 bits per heavy atom. The van der Waals surface area contributed by atoms with Gasteiger partial charge in [0.2, 0.25) is 17.2 Å². The van der Waals surface area contributed by atoms with Gasteiger partial charge in [0.1, 0.15) is 91.2 Å². The Kier molecular flexibility index (Phi) is 12.4. The van der Waals surface area contributed by atoms with Gasteiger partial charge in [0.25, 0.3) is 0 Å². The third-order valence-electron chi connectivity index (χ3n) is 8.03. The highest BCUT2D eigenvalue weighted by Crippen LogP contribution is 2.55. The minimum Gasteiger partial charge on any atom is -0.484 e. The Labute approximate surface area is 318 Å². The molecule has 0 unspecified atom stereocenters. The van der Waals surface area contributed by atoms with Crippen molar-refractivity contribution in [3.63, 3.8) is 0 Å². The molecule has 0 amide bonds. The lowest BCUT2D eigenvalue weighted by Gasteiger charge is -2.25. The van der Waals surface area contributed by atoms with Crippen LogP contribution in [0.15, 0.2) is 91.0 Å². The fourth-order valence-electron chi connectivity index (χ4n) is 5.74. The van der Waals surface area contributed by atoms with Crippen molar-refractivity contribution in [1.29, 1.82) is 0 Å². The van der Waals surface area contributed by atoms with Crippen LogP contribution < -0.4 is 23.7 Å². The highest BCUT2D eigenvalue weighted by atomic mass is 19.2. The first-order chi connectivity index (χ1) is 27.2. The largest absolute Gasteiger partial charge is 0.484 e. The molecule has 6 aromatic rings. The van der Waals surface area contributed by atoms with E-state index in [2.05, 4.69) is 0 Å². The van der Waals surface area contributed by atoms with E-state index < -0.39 is 108 Å². The van der Waals surface area contributed by atoms with Gasteiger partial charge < -0.3 is 23.7 Å². The Morgan fingerprint density at radius 3 is 0.614 bits per heavy atom. The number of halogens is 10. The molecule has 5 nitrogen and oxygen atoms in total. The van der Waals surface area contributed by atoms with Crippen molar-refractivity contribution in [3.8, 4) is 28.7 Å². The molecule has 0 aliphatic rings. The number of hydrogen-bond acceptors (Lipinski definition) is 5. The van der Waals surface area contributed by atoms with Gasteiger partial charge in [-0.2, -0.15) is 0 Å². The molecule has 0 heterocycles. The van der Waals surface area contributed by atoms with Gasteiger partial charge in [0.15, 0.2) is 11.5 Å². The maximum atomic E-state index is 14.3. The first kappa shape index (κ1) is 40.3. The summed E-state index contributed by atoms with van der Waals surface area (Å²) >= 11 is 0. The van der Waals surface area contributed by atoms with Crippen molar-refractivity contribution in [2.24, 2.45) is 0 Å². The molecule has 0 aliphatic heterocycles. The third kappa shape index (κ3) is 10.7. The summed E-state index contributed by atoms with van der Waals surface area (Å²) in [5.41, 5.74) is -0.225. The van der Waals surface area contributed by atoms with E-state index in [0.717, 1.165) is 60.7 Å². The van der Waals surface area contributed by atoms with Crippen molar-refractivity contribution >= 4 is 0 Å². The van der Waals surface area contributed by atoms with E-state index in [9.17, 15) is 43.9 Å². The number of rotatable bonds is 15. The second-order valence-electron chi connectivity index (χ2n) is 12.6. The number of hydrogen-bond donors (Lipinski definition) is 0. The maximum absolute atomic E-state index is 14.3. The predicted molar refractivity (Wildman–Crippen MR) is 185 cm³/mol. The van der Waals surface area contributed by atoms with E-state index in [1.807, 2.05) is 0 Å². The summed E-state index contributed by atoms with van der Waals surface area (Å²) in [5, 5.41) is 0. The van der Waals surface area contributed by atoms with Gasteiger partial charge in [-0.15, -0.1) is 0 Å². The number of benzene rings is 6. The molecular formula is C42H28F10O5. The van der Waals surface area contributed by atoms with E-state index >= 15 is 0 Å². The van der Waals surface area contributed by atoms with E-state index in [1.54, 1.807) is 0 Å². The summed E-state index contributed by atoms with van der Waals surface area (Å²) < 4.78 is 172. The third-order valence-corrected chi connectivity index (χ3v) is 8.03. The minimum absolute atomic E-state index is 0.0195. The average molecular weight is 803 g/mol. The summed E-state index contributed by atoms with van der Waals surface area (Å²) in [7, 11) is 0. The van der Waals surface area contributed by atoms with E-state index in [4.69, 9.17) is 23.7 Å². The molecule has 15 heteroatoms. The summed E-state index contributed by atoms with van der Waals surface area (Å²) in [6.07, 6.45) is 0. The van der Waals surface area contributed by atoms with Gasteiger partial charge in [-0.1, -0.05) is 0 Å². The van der Waals surface area contributed by atoms with Crippen LogP contribution in [-0.2, 0) is 33.0 Å². The fraction of sp³-hybridized carbons (Fsp3) is 0.143. The zero-order chi connectivity index (χ0) is 40.8. The van der Waals surface area contributed by atoms with Crippen LogP contribution in [0, 0.1) is 65.1 Å². The molecule has 6 rings (SSSR count). The fourth-order valence-corrected chi connectivity index (χ4v) is 5.74. The van der Waals surface area contributed by atoms with Crippen LogP contribution in [0.3, 0.4) is 0 Å². The van der Waals surface area contributed by atoms with Crippen molar-refractivity contribution < 1.29 is 67.6 Å². The van der Waals surface area contributed by atoms with Crippen LogP contribution in [0.2, 0.25) is 0 Å². The molecule has 296 valence electrons. The van der Waals surface area contributed by atoms with Crippen LogP contribution in [0.1, 0.15) is 33.4 Å². The highest BCUT2D eigenvalue weighted by molar-refractivity contribution is 5.70. The van der Waals surface area contributed by atoms with Crippen molar-refractivity contribution in [2.45, 2.75) is 40.0 Å². The monoisotopic (exact) mass is 802 g/mol. The van der Waals surface area contributed by atoms with Gasteiger partial charge in [-0.25, -0.2) is 43.9 Å². The zero-order valence-corrected chi connectivity index (χ0v) is 29.5. The van der Waals surface area contributed by atoms with Crippen LogP contribution in [0.5, 0.6) is 28.7 Å². The topological polar surface area (TPSA) is 46.2 Å². The second kappa shape index (κ2) is 17.6. The summed E-state index contributed by atoms with van der Waals surface area (Å²) in [6, 6.07) is 12.7. The number of ether oxygens (including phenoxy) is 5. The molecule has 0 radical (unpaired) electrons. The smallest absolute Gasteiger partial charge is 0.211 e. The molecule has 0 fully saturated rings. The van der Waals surface area contributed by atoms with Crippen LogP contribution >= 0.6 is 0 Å². The molecule has 0 saturated carbocycles. The van der Waals surface area contributed by atoms with E-state index in [0.29, 0.717) is 30.3 Å². The summed E-state index contributed by atoms with van der Waals surface area (Å²) in [5.74, 6) is -11.4. The lowest BCUT2D eigenvalue weighted by atomic mass is 10.1. The molecule has 0 atom stereocenters. The van der Waals surface area contributed by atoms with Gasteiger partial charge in [-0.05, 0) is 95.4 Å². The molecule has 0 N–H and O–H groups in total.